The predicted molar refractivity (Wildman–Crippen MR) is 78.3 cm³/mol. The third-order valence-corrected chi connectivity index (χ3v) is 3.69. The van der Waals surface area contributed by atoms with Crippen molar-refractivity contribution in [2.75, 3.05) is 0 Å². The van der Waals surface area contributed by atoms with Crippen molar-refractivity contribution in [3.63, 3.8) is 0 Å². The van der Waals surface area contributed by atoms with Crippen LogP contribution in [-0.2, 0) is 9.53 Å². The van der Waals surface area contributed by atoms with Crippen LogP contribution in [0.2, 0.25) is 0 Å². The van der Waals surface area contributed by atoms with E-state index in [-0.39, 0.29) is 16.9 Å². The first-order valence-electron chi connectivity index (χ1n) is 6.18. The van der Waals surface area contributed by atoms with Gasteiger partial charge in [0.1, 0.15) is 0 Å². The van der Waals surface area contributed by atoms with Crippen LogP contribution < -0.4 is 5.73 Å². The van der Waals surface area contributed by atoms with Crippen LogP contribution in [-0.4, -0.2) is 23.8 Å². The highest BCUT2D eigenvalue weighted by molar-refractivity contribution is 7.12. The fourth-order valence-corrected chi connectivity index (χ4v) is 2.36. The van der Waals surface area contributed by atoms with Gasteiger partial charge >= 0.3 is 5.97 Å². The van der Waals surface area contributed by atoms with Crippen LogP contribution in [0.25, 0.3) is 0 Å². The lowest BCUT2D eigenvalue weighted by molar-refractivity contribution is -0.125. The maximum Gasteiger partial charge on any atom is 0.339 e. The second-order valence-corrected chi connectivity index (χ2v) is 5.25. The monoisotopic (exact) mass is 303 g/mol. The van der Waals surface area contributed by atoms with Gasteiger partial charge in [0.15, 0.2) is 6.10 Å². The molecule has 0 radical (unpaired) electrons. The molecule has 0 aliphatic heterocycles. The van der Waals surface area contributed by atoms with Gasteiger partial charge < -0.3 is 10.5 Å². The number of primary amides is 1. The van der Waals surface area contributed by atoms with Gasteiger partial charge in [0, 0.05) is 5.56 Å². The van der Waals surface area contributed by atoms with Gasteiger partial charge in [-0.25, -0.2) is 4.79 Å². The highest BCUT2D eigenvalue weighted by Gasteiger charge is 2.22. The average molecular weight is 303 g/mol. The topological polar surface area (TPSA) is 86.5 Å². The van der Waals surface area contributed by atoms with Gasteiger partial charge in [-0.2, -0.15) is 0 Å². The van der Waals surface area contributed by atoms with Gasteiger partial charge in [0.2, 0.25) is 5.78 Å². The minimum absolute atomic E-state index is 0.115. The highest BCUT2D eigenvalue weighted by atomic mass is 32.1. The molecule has 1 atom stereocenters. The van der Waals surface area contributed by atoms with Crippen LogP contribution in [0.15, 0.2) is 41.8 Å². The first-order chi connectivity index (χ1) is 10.0. The summed E-state index contributed by atoms with van der Waals surface area (Å²) >= 11 is 1.29. The molecule has 0 bridgehead atoms. The second-order valence-electron chi connectivity index (χ2n) is 4.30. The van der Waals surface area contributed by atoms with E-state index in [2.05, 4.69) is 0 Å². The third kappa shape index (κ3) is 3.35. The van der Waals surface area contributed by atoms with E-state index < -0.39 is 18.0 Å². The Morgan fingerprint density at radius 1 is 1.10 bits per heavy atom. The molecule has 0 saturated heterocycles. The first kappa shape index (κ1) is 14.9. The lowest BCUT2D eigenvalue weighted by Gasteiger charge is -2.11. The smallest absolute Gasteiger partial charge is 0.339 e. The summed E-state index contributed by atoms with van der Waals surface area (Å²) in [4.78, 5) is 35.9. The number of hydrogen-bond donors (Lipinski definition) is 1. The summed E-state index contributed by atoms with van der Waals surface area (Å²) in [6.07, 6.45) is -1.05. The van der Waals surface area contributed by atoms with Crippen molar-refractivity contribution >= 4 is 29.0 Å². The zero-order valence-electron chi connectivity index (χ0n) is 11.2. The molecule has 21 heavy (non-hydrogen) atoms. The molecule has 1 heterocycles. The fourth-order valence-electron chi connectivity index (χ4n) is 1.68. The van der Waals surface area contributed by atoms with Crippen molar-refractivity contribution in [2.24, 2.45) is 5.73 Å². The zero-order valence-corrected chi connectivity index (χ0v) is 12.1. The average Bonchev–Trinajstić information content (AvgIpc) is 3.00. The molecule has 1 aromatic heterocycles. The lowest BCUT2D eigenvalue weighted by Crippen LogP contribution is -2.30. The Morgan fingerprint density at radius 3 is 2.33 bits per heavy atom. The summed E-state index contributed by atoms with van der Waals surface area (Å²) in [5.41, 5.74) is 5.41. The Balaban J connectivity index is 2.31. The molecule has 0 fully saturated rings. The van der Waals surface area contributed by atoms with Crippen LogP contribution >= 0.6 is 11.3 Å². The molecular formula is C15H13NO4S. The van der Waals surface area contributed by atoms with E-state index in [0.29, 0.717) is 4.88 Å². The van der Waals surface area contributed by atoms with Gasteiger partial charge in [0.25, 0.3) is 5.91 Å². The first-order valence-corrected chi connectivity index (χ1v) is 7.06. The number of carbonyl (C=O) groups excluding carboxylic acids is 3. The van der Waals surface area contributed by atoms with Crippen molar-refractivity contribution in [3.8, 4) is 0 Å². The summed E-state index contributed by atoms with van der Waals surface area (Å²) in [6, 6.07) is 9.76. The van der Waals surface area contributed by atoms with Crippen LogP contribution in [0.3, 0.4) is 0 Å². The van der Waals surface area contributed by atoms with E-state index in [9.17, 15) is 14.4 Å². The van der Waals surface area contributed by atoms with E-state index in [1.54, 1.807) is 35.7 Å². The molecule has 5 nitrogen and oxygen atoms in total. The van der Waals surface area contributed by atoms with E-state index in [1.807, 2.05) is 0 Å². The Labute approximate surface area is 125 Å². The maximum atomic E-state index is 12.4. The number of carbonyl (C=O) groups is 3. The molecular weight excluding hydrogens is 290 g/mol. The number of esters is 1. The van der Waals surface area contributed by atoms with Crippen LogP contribution in [0.5, 0.6) is 0 Å². The van der Waals surface area contributed by atoms with Crippen molar-refractivity contribution in [1.29, 1.82) is 0 Å². The maximum absolute atomic E-state index is 12.4. The quantitative estimate of drug-likeness (QED) is 0.676. The number of rotatable bonds is 5. The minimum Gasteiger partial charge on any atom is -0.449 e. The number of ketones is 1. The van der Waals surface area contributed by atoms with Crippen molar-refractivity contribution < 1.29 is 19.1 Å². The summed E-state index contributed by atoms with van der Waals surface area (Å²) in [7, 11) is 0. The van der Waals surface area contributed by atoms with Crippen LogP contribution in [0.4, 0.5) is 0 Å². The fraction of sp³-hybridized carbons (Fsp3) is 0.133. The summed E-state index contributed by atoms with van der Waals surface area (Å²) in [6.45, 7) is 1.38. The Bertz CT molecular complexity index is 679. The van der Waals surface area contributed by atoms with Gasteiger partial charge in [0.05, 0.1) is 10.4 Å². The number of thiophene rings is 1. The molecule has 2 N–H and O–H groups in total. The van der Waals surface area contributed by atoms with Crippen molar-refractivity contribution in [1.82, 2.24) is 0 Å². The molecule has 0 saturated carbocycles. The van der Waals surface area contributed by atoms with E-state index in [4.69, 9.17) is 10.5 Å². The molecule has 0 unspecified atom stereocenters. The van der Waals surface area contributed by atoms with Gasteiger partial charge in [-0.05, 0) is 24.4 Å². The second kappa shape index (κ2) is 6.32. The number of nitrogens with two attached hydrogens (primary N) is 1. The zero-order chi connectivity index (χ0) is 15.4. The van der Waals surface area contributed by atoms with Gasteiger partial charge in [-0.1, -0.05) is 24.3 Å². The molecule has 1 aromatic carbocycles. The Kier molecular flexibility index (Phi) is 4.49. The van der Waals surface area contributed by atoms with E-state index in [1.165, 1.54) is 24.3 Å². The van der Waals surface area contributed by atoms with Crippen molar-refractivity contribution in [3.05, 3.63) is 57.8 Å². The van der Waals surface area contributed by atoms with Crippen LogP contribution in [0.1, 0.15) is 32.5 Å². The summed E-state index contributed by atoms with van der Waals surface area (Å²) < 4.78 is 4.94. The SMILES string of the molecule is C[C@@H](OC(=O)c1ccccc1C(=O)c1cccs1)C(N)=O. The Morgan fingerprint density at radius 2 is 1.76 bits per heavy atom. The molecule has 108 valence electrons. The highest BCUT2D eigenvalue weighted by Crippen LogP contribution is 2.19. The van der Waals surface area contributed by atoms with E-state index >= 15 is 0 Å². The van der Waals surface area contributed by atoms with Crippen molar-refractivity contribution in [2.45, 2.75) is 13.0 Å². The minimum atomic E-state index is -1.05. The molecule has 6 heteroatoms. The van der Waals surface area contributed by atoms with Gasteiger partial charge in [-0.3, -0.25) is 9.59 Å². The molecule has 2 rings (SSSR count). The summed E-state index contributed by atoms with van der Waals surface area (Å²) in [5.74, 6) is -1.75. The summed E-state index contributed by atoms with van der Waals surface area (Å²) in [5, 5.41) is 1.78. The molecule has 0 aliphatic rings. The number of hydrogen-bond acceptors (Lipinski definition) is 5. The normalized spacial score (nSPS) is 11.7. The third-order valence-electron chi connectivity index (χ3n) is 2.82. The standard InChI is InChI=1S/C15H13NO4S/c1-9(14(16)18)20-15(19)11-6-3-2-5-10(11)13(17)12-7-4-8-21-12/h2-9H,1H3,(H2,16,18)/t9-/m1/s1. The molecule has 2 aromatic rings. The number of benzene rings is 1. The van der Waals surface area contributed by atoms with Gasteiger partial charge in [-0.15, -0.1) is 11.3 Å². The molecule has 0 aliphatic carbocycles. The molecule has 1 amide bonds. The molecule has 0 spiro atoms. The van der Waals surface area contributed by atoms with E-state index in [0.717, 1.165) is 0 Å². The Hall–Kier alpha value is -2.47. The lowest BCUT2D eigenvalue weighted by atomic mass is 10.0. The largest absolute Gasteiger partial charge is 0.449 e. The predicted octanol–water partition coefficient (Wildman–Crippen LogP) is 2.01. The van der Waals surface area contributed by atoms with Crippen LogP contribution in [0, 0.1) is 0 Å². The number of amides is 1. The number of ether oxygens (including phenoxy) is 1.